The molecular weight excluding hydrogens is 252 g/mol. The number of hydrogen-bond acceptors (Lipinski definition) is 4. The second kappa shape index (κ2) is 5.74. The number of nitrogen functional groups attached to an aromatic ring is 1. The fraction of sp³-hybridized carbons (Fsp3) is 0.250. The van der Waals surface area contributed by atoms with Crippen LogP contribution in [0.3, 0.4) is 0 Å². The van der Waals surface area contributed by atoms with E-state index in [9.17, 15) is 4.79 Å². The molecular formula is C16H18N2O2. The van der Waals surface area contributed by atoms with Gasteiger partial charge in [-0.25, -0.2) is 0 Å². The van der Waals surface area contributed by atoms with Crippen LogP contribution in [0.1, 0.15) is 17.0 Å². The Balaban J connectivity index is 2.56. The highest BCUT2D eigenvalue weighted by atomic mass is 16.5. The van der Waals surface area contributed by atoms with Gasteiger partial charge in [0.25, 0.3) is 0 Å². The lowest BCUT2D eigenvalue weighted by Crippen LogP contribution is -2.07. The van der Waals surface area contributed by atoms with Crippen molar-refractivity contribution < 1.29 is 9.53 Å². The highest BCUT2D eigenvalue weighted by molar-refractivity contribution is 5.83. The highest BCUT2D eigenvalue weighted by Crippen LogP contribution is 2.32. The fourth-order valence-corrected chi connectivity index (χ4v) is 2.36. The minimum Gasteiger partial charge on any atom is -0.469 e. The molecule has 4 heteroatoms. The molecule has 1 aromatic heterocycles. The number of carbonyl (C=O) groups is 1. The van der Waals surface area contributed by atoms with Crippen molar-refractivity contribution in [2.24, 2.45) is 0 Å². The predicted octanol–water partition coefficient (Wildman–Crippen LogP) is 2.66. The van der Waals surface area contributed by atoms with E-state index in [0.717, 1.165) is 28.1 Å². The molecule has 1 aromatic carbocycles. The van der Waals surface area contributed by atoms with Crippen molar-refractivity contribution in [1.82, 2.24) is 4.98 Å². The molecule has 104 valence electrons. The Kier molecular flexibility index (Phi) is 4.03. The molecule has 0 fully saturated rings. The topological polar surface area (TPSA) is 65.2 Å². The number of ether oxygens (including phenoxy) is 1. The molecule has 4 nitrogen and oxygen atoms in total. The van der Waals surface area contributed by atoms with E-state index >= 15 is 0 Å². The SMILES string of the molecule is COC(=O)Cc1ccccc1-c1c(N)cc(C)nc1C. The summed E-state index contributed by atoms with van der Waals surface area (Å²) in [5, 5.41) is 0. The summed E-state index contributed by atoms with van der Waals surface area (Å²) in [4.78, 5) is 16.0. The number of anilines is 1. The predicted molar refractivity (Wildman–Crippen MR) is 79.3 cm³/mol. The molecule has 0 aliphatic heterocycles. The summed E-state index contributed by atoms with van der Waals surface area (Å²) in [6.07, 6.45) is 0.222. The zero-order valence-corrected chi connectivity index (χ0v) is 11.9. The molecule has 0 atom stereocenters. The summed E-state index contributed by atoms with van der Waals surface area (Å²) in [7, 11) is 1.39. The lowest BCUT2D eigenvalue weighted by molar-refractivity contribution is -0.139. The summed E-state index contributed by atoms with van der Waals surface area (Å²) in [6.45, 7) is 3.83. The monoisotopic (exact) mass is 270 g/mol. The van der Waals surface area contributed by atoms with Gasteiger partial charge in [-0.1, -0.05) is 24.3 Å². The van der Waals surface area contributed by atoms with Crippen LogP contribution in [0.4, 0.5) is 5.69 Å². The van der Waals surface area contributed by atoms with Crippen LogP contribution in [0, 0.1) is 13.8 Å². The van der Waals surface area contributed by atoms with Gasteiger partial charge in [0.1, 0.15) is 0 Å². The highest BCUT2D eigenvalue weighted by Gasteiger charge is 2.14. The fourth-order valence-electron chi connectivity index (χ4n) is 2.36. The van der Waals surface area contributed by atoms with Gasteiger partial charge in [-0.2, -0.15) is 0 Å². The standard InChI is InChI=1S/C16H18N2O2/c1-10-8-14(17)16(11(2)18-10)13-7-5-4-6-12(13)9-15(19)20-3/h4-8H,9H2,1-3H3,(H2,17,18). The number of carbonyl (C=O) groups excluding carboxylic acids is 1. The largest absolute Gasteiger partial charge is 0.469 e. The average molecular weight is 270 g/mol. The lowest BCUT2D eigenvalue weighted by atomic mass is 9.95. The Bertz CT molecular complexity index is 628. The first-order valence-corrected chi connectivity index (χ1v) is 6.41. The molecule has 20 heavy (non-hydrogen) atoms. The summed E-state index contributed by atoms with van der Waals surface area (Å²) in [5.41, 5.74) is 11.3. The number of hydrogen-bond donors (Lipinski definition) is 1. The summed E-state index contributed by atoms with van der Waals surface area (Å²) in [5.74, 6) is -0.270. The molecule has 0 unspecified atom stereocenters. The molecule has 2 N–H and O–H groups in total. The van der Waals surface area contributed by atoms with E-state index in [0.29, 0.717) is 5.69 Å². The zero-order valence-electron chi connectivity index (χ0n) is 11.9. The van der Waals surface area contributed by atoms with Crippen molar-refractivity contribution >= 4 is 11.7 Å². The summed E-state index contributed by atoms with van der Waals surface area (Å²) in [6, 6.07) is 9.53. The van der Waals surface area contributed by atoms with Gasteiger partial charge < -0.3 is 10.5 Å². The van der Waals surface area contributed by atoms with Gasteiger partial charge in [-0.3, -0.25) is 9.78 Å². The minimum absolute atomic E-state index is 0.222. The third-order valence-electron chi connectivity index (χ3n) is 3.21. The van der Waals surface area contributed by atoms with E-state index in [1.807, 2.05) is 44.2 Å². The molecule has 0 aliphatic rings. The average Bonchev–Trinajstić information content (AvgIpc) is 2.39. The first-order chi connectivity index (χ1) is 9.52. The van der Waals surface area contributed by atoms with Crippen LogP contribution in [0.25, 0.3) is 11.1 Å². The third kappa shape index (κ3) is 2.79. The van der Waals surface area contributed by atoms with Gasteiger partial charge in [-0.05, 0) is 31.0 Å². The molecule has 0 bridgehead atoms. The number of nitrogens with two attached hydrogens (primary N) is 1. The van der Waals surface area contributed by atoms with Crippen LogP contribution in [0.5, 0.6) is 0 Å². The van der Waals surface area contributed by atoms with Crippen molar-refractivity contribution in [3.8, 4) is 11.1 Å². The maximum Gasteiger partial charge on any atom is 0.309 e. The van der Waals surface area contributed by atoms with Crippen LogP contribution in [0.15, 0.2) is 30.3 Å². The number of aryl methyl sites for hydroxylation is 2. The Morgan fingerprint density at radius 3 is 2.65 bits per heavy atom. The Morgan fingerprint density at radius 2 is 2.00 bits per heavy atom. The number of rotatable bonds is 3. The normalized spacial score (nSPS) is 10.3. The first kappa shape index (κ1) is 14.1. The zero-order chi connectivity index (χ0) is 14.7. The molecule has 0 amide bonds. The van der Waals surface area contributed by atoms with E-state index in [1.165, 1.54) is 7.11 Å². The van der Waals surface area contributed by atoms with Crippen LogP contribution >= 0.6 is 0 Å². The first-order valence-electron chi connectivity index (χ1n) is 6.41. The molecule has 0 spiro atoms. The Hall–Kier alpha value is -2.36. The van der Waals surface area contributed by atoms with Crippen molar-refractivity contribution in [2.45, 2.75) is 20.3 Å². The van der Waals surface area contributed by atoms with Crippen molar-refractivity contribution in [3.63, 3.8) is 0 Å². The van der Waals surface area contributed by atoms with Crippen LogP contribution in [0.2, 0.25) is 0 Å². The molecule has 2 rings (SSSR count). The molecule has 0 saturated carbocycles. The van der Waals surface area contributed by atoms with Crippen molar-refractivity contribution in [2.75, 3.05) is 12.8 Å². The van der Waals surface area contributed by atoms with E-state index in [4.69, 9.17) is 10.5 Å². The minimum atomic E-state index is -0.270. The quantitative estimate of drug-likeness (QED) is 0.871. The molecule has 0 aliphatic carbocycles. The second-order valence-corrected chi connectivity index (χ2v) is 4.72. The molecule has 1 heterocycles. The smallest absolute Gasteiger partial charge is 0.309 e. The third-order valence-corrected chi connectivity index (χ3v) is 3.21. The van der Waals surface area contributed by atoms with Crippen LogP contribution in [-0.4, -0.2) is 18.1 Å². The van der Waals surface area contributed by atoms with Crippen molar-refractivity contribution in [3.05, 3.63) is 47.3 Å². The maximum absolute atomic E-state index is 11.5. The molecule has 0 radical (unpaired) electrons. The van der Waals surface area contributed by atoms with E-state index in [2.05, 4.69) is 4.98 Å². The van der Waals surface area contributed by atoms with Crippen LogP contribution < -0.4 is 5.73 Å². The molecule has 0 saturated heterocycles. The maximum atomic E-state index is 11.5. The Labute approximate surface area is 118 Å². The van der Waals surface area contributed by atoms with E-state index < -0.39 is 0 Å². The molecule has 2 aromatic rings. The van der Waals surface area contributed by atoms with Gasteiger partial charge in [-0.15, -0.1) is 0 Å². The number of pyridine rings is 1. The summed E-state index contributed by atoms with van der Waals surface area (Å²) >= 11 is 0. The number of nitrogens with zero attached hydrogens (tertiary/aromatic N) is 1. The van der Waals surface area contributed by atoms with E-state index in [1.54, 1.807) is 0 Å². The van der Waals surface area contributed by atoms with Gasteiger partial charge in [0, 0.05) is 22.6 Å². The van der Waals surface area contributed by atoms with Gasteiger partial charge in [0.15, 0.2) is 0 Å². The number of aromatic nitrogens is 1. The van der Waals surface area contributed by atoms with Crippen molar-refractivity contribution in [1.29, 1.82) is 0 Å². The van der Waals surface area contributed by atoms with Crippen LogP contribution in [-0.2, 0) is 16.0 Å². The number of methoxy groups -OCH3 is 1. The number of esters is 1. The lowest BCUT2D eigenvalue weighted by Gasteiger charge is -2.14. The van der Waals surface area contributed by atoms with Gasteiger partial charge in [0.2, 0.25) is 0 Å². The van der Waals surface area contributed by atoms with E-state index in [-0.39, 0.29) is 12.4 Å². The Morgan fingerprint density at radius 1 is 1.30 bits per heavy atom. The summed E-state index contributed by atoms with van der Waals surface area (Å²) < 4.78 is 4.74. The second-order valence-electron chi connectivity index (χ2n) is 4.72. The van der Waals surface area contributed by atoms with Gasteiger partial charge in [0.05, 0.1) is 13.5 Å². The number of benzene rings is 1. The van der Waals surface area contributed by atoms with Gasteiger partial charge >= 0.3 is 5.97 Å².